The van der Waals surface area contributed by atoms with Gasteiger partial charge in [-0.05, 0) is 6.07 Å². The van der Waals surface area contributed by atoms with Crippen molar-refractivity contribution in [1.29, 1.82) is 0 Å². The van der Waals surface area contributed by atoms with E-state index in [1.54, 1.807) is 18.2 Å². The Labute approximate surface area is 178 Å². The molecule has 0 saturated heterocycles. The first-order valence-corrected chi connectivity index (χ1v) is 10.6. The number of hydrogen-bond donors (Lipinski definition) is 1. The first kappa shape index (κ1) is 20.1. The number of aromatic nitrogens is 7. The van der Waals surface area contributed by atoms with Crippen LogP contribution in [0.25, 0.3) is 5.78 Å². The van der Waals surface area contributed by atoms with Crippen LogP contribution >= 0.6 is 23.1 Å². The summed E-state index contributed by atoms with van der Waals surface area (Å²) < 4.78 is 16.5. The number of carbonyl (C=O) groups is 1. The number of amides is 1. The highest BCUT2D eigenvalue weighted by molar-refractivity contribution is 7.99. The summed E-state index contributed by atoms with van der Waals surface area (Å²) in [5.74, 6) is 0.0827. The van der Waals surface area contributed by atoms with Gasteiger partial charge in [0.15, 0.2) is 0 Å². The second-order valence-corrected chi connectivity index (χ2v) is 8.32. The van der Waals surface area contributed by atoms with E-state index in [0.717, 1.165) is 5.01 Å². The van der Waals surface area contributed by atoms with E-state index in [1.165, 1.54) is 50.9 Å². The number of halogens is 1. The Hall–Kier alpha value is -3.19. The number of carbonyl (C=O) groups excluding carboxylic acids is 1. The third-order valence-corrected chi connectivity index (χ3v) is 5.88. The Bertz CT molecular complexity index is 1210. The summed E-state index contributed by atoms with van der Waals surface area (Å²) in [7, 11) is 0. The summed E-state index contributed by atoms with van der Waals surface area (Å²) in [5, 5.41) is 28.9. The molecular weight excluding hydrogens is 429 g/mol. The molecule has 1 amide bonds. The summed E-state index contributed by atoms with van der Waals surface area (Å²) in [6.07, 6.45) is 2.81. The molecule has 0 bridgehead atoms. The minimum Gasteiger partial charge on any atom is -0.300 e. The number of hydrogen-bond acceptors (Lipinski definition) is 9. The van der Waals surface area contributed by atoms with Crippen molar-refractivity contribution in [1.82, 2.24) is 34.7 Å². The normalized spacial score (nSPS) is 11.7. The van der Waals surface area contributed by atoms with Gasteiger partial charge in [0.1, 0.15) is 17.2 Å². The van der Waals surface area contributed by atoms with Gasteiger partial charge in [-0.25, -0.2) is 4.39 Å². The summed E-state index contributed by atoms with van der Waals surface area (Å²) >= 11 is 2.52. The van der Waals surface area contributed by atoms with Crippen LogP contribution in [0.3, 0.4) is 0 Å². The predicted molar refractivity (Wildman–Crippen MR) is 112 cm³/mol. The van der Waals surface area contributed by atoms with Crippen molar-refractivity contribution < 1.29 is 9.18 Å². The zero-order valence-corrected chi connectivity index (χ0v) is 17.6. The van der Waals surface area contributed by atoms with E-state index in [9.17, 15) is 9.18 Å². The first-order valence-electron chi connectivity index (χ1n) is 8.85. The SMILES string of the molecule is CC(C)c1nnc(NC(=O)CSc2nnc3n(/N=C/c4ccccc4F)cnn23)s1. The zero-order chi connectivity index (χ0) is 21.1. The molecule has 154 valence electrons. The average molecular weight is 446 g/mol. The first-order chi connectivity index (χ1) is 14.5. The molecule has 0 spiro atoms. The van der Waals surface area contributed by atoms with Gasteiger partial charge in [-0.1, -0.05) is 55.1 Å². The van der Waals surface area contributed by atoms with Gasteiger partial charge < -0.3 is 0 Å². The third kappa shape index (κ3) is 4.36. The van der Waals surface area contributed by atoms with Crippen molar-refractivity contribution in [3.05, 3.63) is 47.0 Å². The molecule has 30 heavy (non-hydrogen) atoms. The van der Waals surface area contributed by atoms with Crippen LogP contribution in [0.2, 0.25) is 0 Å². The predicted octanol–water partition coefficient (Wildman–Crippen LogP) is 2.65. The second-order valence-electron chi connectivity index (χ2n) is 6.37. The number of nitrogens with one attached hydrogen (secondary N) is 1. The average Bonchev–Trinajstić information content (AvgIpc) is 3.43. The number of nitrogens with zero attached hydrogens (tertiary/aromatic N) is 8. The molecule has 4 aromatic rings. The molecule has 0 saturated carbocycles. The highest BCUT2D eigenvalue weighted by Crippen LogP contribution is 2.23. The number of fused-ring (bicyclic) bond motifs is 1. The van der Waals surface area contributed by atoms with Gasteiger partial charge in [-0.3, -0.25) is 10.1 Å². The molecule has 3 aromatic heterocycles. The van der Waals surface area contributed by atoms with Crippen LogP contribution in [0.5, 0.6) is 0 Å². The fourth-order valence-electron chi connectivity index (χ4n) is 2.33. The van der Waals surface area contributed by atoms with Crippen LogP contribution in [-0.2, 0) is 4.79 Å². The number of benzene rings is 1. The summed E-state index contributed by atoms with van der Waals surface area (Å²) in [5.41, 5.74) is 0.340. The largest absolute Gasteiger partial charge is 0.300 e. The monoisotopic (exact) mass is 445 g/mol. The standard InChI is InChI=1S/C17H16FN9OS2/c1-10(2)14-22-23-15(30-14)21-13(28)8-29-17-25-24-16-26(9-20-27(16)17)19-7-11-5-3-4-6-12(11)18/h3-7,9-10H,8H2,1-2H3,(H,21,23,28)/b19-7+. The molecule has 0 aliphatic rings. The fourth-order valence-corrected chi connectivity index (χ4v) is 3.78. The molecular formula is C17H16FN9OS2. The lowest BCUT2D eigenvalue weighted by Crippen LogP contribution is -2.14. The lowest BCUT2D eigenvalue weighted by Gasteiger charge is -1.99. The van der Waals surface area contributed by atoms with E-state index in [2.05, 4.69) is 35.9 Å². The zero-order valence-electron chi connectivity index (χ0n) is 15.9. The van der Waals surface area contributed by atoms with Crippen molar-refractivity contribution in [3.8, 4) is 0 Å². The molecule has 0 aliphatic carbocycles. The Morgan fingerprint density at radius 3 is 2.90 bits per heavy atom. The molecule has 3 heterocycles. The van der Waals surface area contributed by atoms with E-state index < -0.39 is 0 Å². The molecule has 0 unspecified atom stereocenters. The quantitative estimate of drug-likeness (QED) is 0.343. The Balaban J connectivity index is 1.40. The van der Waals surface area contributed by atoms with Crippen molar-refractivity contribution in [3.63, 3.8) is 0 Å². The van der Waals surface area contributed by atoms with Crippen molar-refractivity contribution in [2.45, 2.75) is 24.9 Å². The number of anilines is 1. The third-order valence-electron chi connectivity index (χ3n) is 3.82. The van der Waals surface area contributed by atoms with Crippen LogP contribution in [-0.4, -0.2) is 52.6 Å². The van der Waals surface area contributed by atoms with Crippen LogP contribution < -0.4 is 5.32 Å². The number of rotatable bonds is 7. The second kappa shape index (κ2) is 8.67. The van der Waals surface area contributed by atoms with Gasteiger partial charge in [-0.2, -0.15) is 19.4 Å². The minimum atomic E-state index is -0.378. The summed E-state index contributed by atoms with van der Waals surface area (Å²) in [4.78, 5) is 12.2. The van der Waals surface area contributed by atoms with E-state index in [-0.39, 0.29) is 23.4 Å². The van der Waals surface area contributed by atoms with Crippen molar-refractivity contribution in [2.75, 3.05) is 11.1 Å². The van der Waals surface area contributed by atoms with Gasteiger partial charge in [0, 0.05) is 11.5 Å². The Kier molecular flexibility index (Phi) is 5.81. The Morgan fingerprint density at radius 2 is 2.13 bits per heavy atom. The molecule has 0 fully saturated rings. The van der Waals surface area contributed by atoms with E-state index in [0.29, 0.717) is 21.6 Å². The van der Waals surface area contributed by atoms with Crippen molar-refractivity contribution in [2.24, 2.45) is 5.10 Å². The number of thioether (sulfide) groups is 1. The molecule has 1 N–H and O–H groups in total. The van der Waals surface area contributed by atoms with Crippen molar-refractivity contribution >= 4 is 46.1 Å². The van der Waals surface area contributed by atoms with Gasteiger partial charge in [0.2, 0.25) is 16.2 Å². The van der Waals surface area contributed by atoms with E-state index >= 15 is 0 Å². The Morgan fingerprint density at radius 1 is 1.30 bits per heavy atom. The van der Waals surface area contributed by atoms with Crippen LogP contribution in [0.4, 0.5) is 9.52 Å². The topological polar surface area (TPSA) is 115 Å². The van der Waals surface area contributed by atoms with Gasteiger partial charge in [-0.15, -0.1) is 20.4 Å². The minimum absolute atomic E-state index is 0.0999. The highest BCUT2D eigenvalue weighted by Gasteiger charge is 2.15. The molecule has 13 heteroatoms. The smallest absolute Gasteiger partial charge is 0.275 e. The lowest BCUT2D eigenvalue weighted by molar-refractivity contribution is -0.113. The van der Waals surface area contributed by atoms with Gasteiger partial charge >= 0.3 is 0 Å². The summed E-state index contributed by atoms with van der Waals surface area (Å²) in [6.45, 7) is 4.02. The van der Waals surface area contributed by atoms with E-state index in [4.69, 9.17) is 0 Å². The molecule has 4 rings (SSSR count). The van der Waals surface area contributed by atoms with E-state index in [1.807, 2.05) is 13.8 Å². The van der Waals surface area contributed by atoms with Crippen LogP contribution in [0.1, 0.15) is 30.3 Å². The molecule has 0 aliphatic heterocycles. The molecule has 0 radical (unpaired) electrons. The molecule has 1 aromatic carbocycles. The van der Waals surface area contributed by atoms with Gasteiger partial charge in [0.05, 0.1) is 12.0 Å². The molecule has 10 nitrogen and oxygen atoms in total. The molecule has 0 atom stereocenters. The maximum Gasteiger partial charge on any atom is 0.275 e. The maximum atomic E-state index is 13.7. The summed E-state index contributed by atoms with van der Waals surface area (Å²) in [6, 6.07) is 6.29. The van der Waals surface area contributed by atoms with Gasteiger partial charge in [0.25, 0.3) is 5.78 Å². The fraction of sp³-hybridized carbons (Fsp3) is 0.235. The van der Waals surface area contributed by atoms with Crippen LogP contribution in [0.15, 0.2) is 40.9 Å². The lowest BCUT2D eigenvalue weighted by atomic mass is 10.2. The van der Waals surface area contributed by atoms with Crippen LogP contribution in [0, 0.1) is 5.82 Å². The maximum absolute atomic E-state index is 13.7. The highest BCUT2D eigenvalue weighted by atomic mass is 32.2.